The molecule has 1 rings (SSSR count). The van der Waals surface area contributed by atoms with Crippen LogP contribution in [-0.2, 0) is 0 Å². The first-order valence-electron chi connectivity index (χ1n) is 7.47. The van der Waals surface area contributed by atoms with Crippen molar-refractivity contribution in [1.29, 1.82) is 0 Å². The van der Waals surface area contributed by atoms with Crippen LogP contribution in [-0.4, -0.2) is 24.6 Å². The lowest BCUT2D eigenvalue weighted by molar-refractivity contribution is 0.224. The standard InChI is InChI=1S/C15H31NS/c1-4-17-11-7-10-16-13-15(12-14(2)3)8-5-6-9-15/h14,16H,4-13H2,1-3H3. The van der Waals surface area contributed by atoms with Crippen molar-refractivity contribution in [2.75, 3.05) is 24.6 Å². The van der Waals surface area contributed by atoms with Gasteiger partial charge in [-0.1, -0.05) is 33.6 Å². The topological polar surface area (TPSA) is 12.0 Å². The molecular weight excluding hydrogens is 226 g/mol. The molecule has 0 amide bonds. The Hall–Kier alpha value is 0.310. The summed E-state index contributed by atoms with van der Waals surface area (Å²) in [5.41, 5.74) is 0.645. The summed E-state index contributed by atoms with van der Waals surface area (Å²) in [4.78, 5) is 0. The minimum Gasteiger partial charge on any atom is -0.316 e. The van der Waals surface area contributed by atoms with Gasteiger partial charge in [0.05, 0.1) is 0 Å². The molecule has 17 heavy (non-hydrogen) atoms. The van der Waals surface area contributed by atoms with E-state index in [1.165, 1.54) is 63.1 Å². The highest BCUT2D eigenvalue weighted by Gasteiger charge is 2.33. The van der Waals surface area contributed by atoms with E-state index in [1.54, 1.807) is 0 Å². The summed E-state index contributed by atoms with van der Waals surface area (Å²) < 4.78 is 0. The Morgan fingerprint density at radius 2 is 1.94 bits per heavy atom. The molecule has 1 N–H and O–H groups in total. The van der Waals surface area contributed by atoms with Crippen molar-refractivity contribution in [2.24, 2.45) is 11.3 Å². The van der Waals surface area contributed by atoms with Crippen molar-refractivity contribution in [3.05, 3.63) is 0 Å². The third kappa shape index (κ3) is 6.15. The molecule has 0 aliphatic heterocycles. The predicted molar refractivity (Wildman–Crippen MR) is 80.8 cm³/mol. The minimum atomic E-state index is 0.645. The molecule has 102 valence electrons. The zero-order valence-electron chi connectivity index (χ0n) is 12.1. The quantitative estimate of drug-likeness (QED) is 0.617. The van der Waals surface area contributed by atoms with Gasteiger partial charge in [0.2, 0.25) is 0 Å². The van der Waals surface area contributed by atoms with Crippen LogP contribution in [0.25, 0.3) is 0 Å². The van der Waals surface area contributed by atoms with E-state index in [2.05, 4.69) is 37.8 Å². The van der Waals surface area contributed by atoms with E-state index in [9.17, 15) is 0 Å². The molecule has 0 saturated heterocycles. The maximum atomic E-state index is 3.72. The molecule has 1 aliphatic rings. The first kappa shape index (κ1) is 15.4. The van der Waals surface area contributed by atoms with Crippen molar-refractivity contribution in [3.8, 4) is 0 Å². The lowest BCUT2D eigenvalue weighted by Crippen LogP contribution is -2.34. The summed E-state index contributed by atoms with van der Waals surface area (Å²) in [5, 5.41) is 3.72. The van der Waals surface area contributed by atoms with Gasteiger partial charge in [0.1, 0.15) is 0 Å². The molecule has 0 aromatic rings. The van der Waals surface area contributed by atoms with Crippen molar-refractivity contribution in [2.45, 2.75) is 59.3 Å². The molecule has 1 aliphatic carbocycles. The van der Waals surface area contributed by atoms with Crippen LogP contribution in [0.5, 0.6) is 0 Å². The first-order chi connectivity index (χ1) is 8.18. The average Bonchev–Trinajstić information content (AvgIpc) is 2.71. The van der Waals surface area contributed by atoms with Crippen LogP contribution in [0, 0.1) is 11.3 Å². The SMILES string of the molecule is CCSCCCNCC1(CC(C)C)CCCC1. The second-order valence-corrected chi connectivity index (χ2v) is 7.43. The van der Waals surface area contributed by atoms with E-state index in [0.29, 0.717) is 5.41 Å². The smallest absolute Gasteiger partial charge is 0.000791 e. The van der Waals surface area contributed by atoms with Gasteiger partial charge in [-0.2, -0.15) is 11.8 Å². The van der Waals surface area contributed by atoms with E-state index < -0.39 is 0 Å². The molecule has 0 atom stereocenters. The Kier molecular flexibility index (Phi) is 7.61. The van der Waals surface area contributed by atoms with Gasteiger partial charge >= 0.3 is 0 Å². The van der Waals surface area contributed by atoms with Gasteiger partial charge in [-0.3, -0.25) is 0 Å². The minimum absolute atomic E-state index is 0.645. The number of thioether (sulfide) groups is 1. The Morgan fingerprint density at radius 1 is 1.24 bits per heavy atom. The second kappa shape index (κ2) is 8.42. The summed E-state index contributed by atoms with van der Waals surface area (Å²) in [7, 11) is 0. The molecule has 0 aromatic heterocycles. The van der Waals surface area contributed by atoms with Gasteiger partial charge in [0, 0.05) is 6.54 Å². The molecule has 0 bridgehead atoms. The highest BCUT2D eigenvalue weighted by molar-refractivity contribution is 7.99. The lowest BCUT2D eigenvalue weighted by atomic mass is 9.78. The number of nitrogens with one attached hydrogen (secondary N) is 1. The van der Waals surface area contributed by atoms with Crippen molar-refractivity contribution < 1.29 is 0 Å². The largest absolute Gasteiger partial charge is 0.316 e. The molecule has 0 unspecified atom stereocenters. The van der Waals surface area contributed by atoms with Crippen LogP contribution >= 0.6 is 11.8 Å². The lowest BCUT2D eigenvalue weighted by Gasteiger charge is -2.31. The van der Waals surface area contributed by atoms with E-state index >= 15 is 0 Å². The van der Waals surface area contributed by atoms with Crippen molar-refractivity contribution in [1.82, 2.24) is 5.32 Å². The highest BCUT2D eigenvalue weighted by atomic mass is 32.2. The molecular formula is C15H31NS. The third-order valence-corrected chi connectivity index (χ3v) is 4.84. The second-order valence-electron chi connectivity index (χ2n) is 6.03. The molecule has 2 heteroatoms. The number of rotatable bonds is 9. The van der Waals surface area contributed by atoms with Gasteiger partial charge in [0.15, 0.2) is 0 Å². The molecule has 0 heterocycles. The molecule has 0 radical (unpaired) electrons. The van der Waals surface area contributed by atoms with Crippen LogP contribution in [0.4, 0.5) is 0 Å². The van der Waals surface area contributed by atoms with Gasteiger partial charge < -0.3 is 5.32 Å². The fourth-order valence-electron chi connectivity index (χ4n) is 3.24. The Balaban J connectivity index is 2.16. The van der Waals surface area contributed by atoms with Crippen LogP contribution < -0.4 is 5.32 Å². The number of hydrogen-bond acceptors (Lipinski definition) is 2. The third-order valence-electron chi connectivity index (χ3n) is 3.85. The van der Waals surface area contributed by atoms with Crippen LogP contribution in [0.2, 0.25) is 0 Å². The Bertz CT molecular complexity index is 185. The van der Waals surface area contributed by atoms with E-state index in [0.717, 1.165) is 5.92 Å². The average molecular weight is 257 g/mol. The van der Waals surface area contributed by atoms with Crippen LogP contribution in [0.3, 0.4) is 0 Å². The van der Waals surface area contributed by atoms with Gasteiger partial charge in [-0.05, 0) is 55.1 Å². The molecule has 0 spiro atoms. The zero-order chi connectivity index (χ0) is 12.6. The summed E-state index contributed by atoms with van der Waals surface area (Å²) in [6.45, 7) is 9.47. The summed E-state index contributed by atoms with van der Waals surface area (Å²) in [5.74, 6) is 3.43. The van der Waals surface area contributed by atoms with Crippen molar-refractivity contribution in [3.63, 3.8) is 0 Å². The van der Waals surface area contributed by atoms with Crippen molar-refractivity contribution >= 4 is 11.8 Å². The fraction of sp³-hybridized carbons (Fsp3) is 1.00. The molecule has 0 aromatic carbocycles. The van der Waals surface area contributed by atoms with Crippen LogP contribution in [0.1, 0.15) is 59.3 Å². The predicted octanol–water partition coefficient (Wildman–Crippen LogP) is 4.33. The van der Waals surface area contributed by atoms with Gasteiger partial charge in [-0.15, -0.1) is 0 Å². The van der Waals surface area contributed by atoms with Gasteiger partial charge in [-0.25, -0.2) is 0 Å². The highest BCUT2D eigenvalue weighted by Crippen LogP contribution is 2.42. The molecule has 1 fully saturated rings. The van der Waals surface area contributed by atoms with E-state index in [1.807, 2.05) is 0 Å². The van der Waals surface area contributed by atoms with Gasteiger partial charge in [0.25, 0.3) is 0 Å². The summed E-state index contributed by atoms with van der Waals surface area (Å²) in [6, 6.07) is 0. The monoisotopic (exact) mass is 257 g/mol. The zero-order valence-corrected chi connectivity index (χ0v) is 12.9. The Morgan fingerprint density at radius 3 is 2.53 bits per heavy atom. The number of hydrogen-bond donors (Lipinski definition) is 1. The molecule has 1 saturated carbocycles. The van der Waals surface area contributed by atoms with Crippen LogP contribution in [0.15, 0.2) is 0 Å². The Labute approximate surface area is 113 Å². The summed E-state index contributed by atoms with van der Waals surface area (Å²) >= 11 is 2.06. The maximum Gasteiger partial charge on any atom is 0.000791 e. The van der Waals surface area contributed by atoms with E-state index in [-0.39, 0.29) is 0 Å². The fourth-order valence-corrected chi connectivity index (χ4v) is 3.88. The molecule has 1 nitrogen and oxygen atoms in total. The first-order valence-corrected chi connectivity index (χ1v) is 8.62. The normalized spacial score (nSPS) is 19.1. The maximum absolute atomic E-state index is 3.72. The summed E-state index contributed by atoms with van der Waals surface area (Å²) in [6.07, 6.45) is 8.59. The van der Waals surface area contributed by atoms with E-state index in [4.69, 9.17) is 0 Å².